The van der Waals surface area contributed by atoms with Crippen molar-refractivity contribution in [3.05, 3.63) is 34.6 Å². The second-order valence-corrected chi connectivity index (χ2v) is 5.22. The van der Waals surface area contributed by atoms with Crippen LogP contribution in [-0.4, -0.2) is 15.5 Å². The Bertz CT molecular complexity index is 537. The highest BCUT2D eigenvalue weighted by Crippen LogP contribution is 2.15. The molecule has 0 aromatic carbocycles. The quantitative estimate of drug-likeness (QED) is 0.922. The lowest BCUT2D eigenvalue weighted by Crippen LogP contribution is -2.15. The summed E-state index contributed by atoms with van der Waals surface area (Å²) in [6, 6.07) is 4.13. The summed E-state index contributed by atoms with van der Waals surface area (Å²) in [5.74, 6) is 0.0110. The molecule has 0 saturated carbocycles. The van der Waals surface area contributed by atoms with Gasteiger partial charge in [0.25, 0.3) is 0 Å². The van der Waals surface area contributed by atoms with Crippen molar-refractivity contribution in [3.8, 4) is 0 Å². The Hall–Kier alpha value is -1.62. The van der Waals surface area contributed by atoms with Gasteiger partial charge in [0, 0.05) is 29.7 Å². The Labute approximate surface area is 111 Å². The van der Waals surface area contributed by atoms with E-state index >= 15 is 0 Å². The van der Waals surface area contributed by atoms with Gasteiger partial charge < -0.3 is 9.88 Å². The molecule has 1 amide bonds. The SMILES string of the molecule is Cc1csc(NC(=O)CCn2c(C)ccc2C)n1. The Balaban J connectivity index is 1.89. The number of nitrogens with one attached hydrogen (secondary N) is 1. The number of hydrogen-bond acceptors (Lipinski definition) is 3. The Morgan fingerprint density at radius 3 is 2.56 bits per heavy atom. The summed E-state index contributed by atoms with van der Waals surface area (Å²) in [6.45, 7) is 6.73. The number of carbonyl (C=O) groups excluding carboxylic acids is 1. The number of hydrogen-bond donors (Lipinski definition) is 1. The summed E-state index contributed by atoms with van der Waals surface area (Å²) in [7, 11) is 0. The molecule has 2 aromatic rings. The molecule has 1 N–H and O–H groups in total. The van der Waals surface area contributed by atoms with Crippen LogP contribution in [0.5, 0.6) is 0 Å². The zero-order chi connectivity index (χ0) is 13.1. The largest absolute Gasteiger partial charge is 0.349 e. The third-order valence-corrected chi connectivity index (χ3v) is 3.72. The summed E-state index contributed by atoms with van der Waals surface area (Å²) >= 11 is 1.46. The average molecular weight is 263 g/mol. The molecule has 2 rings (SSSR count). The first-order valence-electron chi connectivity index (χ1n) is 5.91. The van der Waals surface area contributed by atoms with E-state index in [1.165, 1.54) is 22.7 Å². The summed E-state index contributed by atoms with van der Waals surface area (Å²) in [5, 5.41) is 5.42. The van der Waals surface area contributed by atoms with Crippen LogP contribution in [0.3, 0.4) is 0 Å². The summed E-state index contributed by atoms with van der Waals surface area (Å²) in [6.07, 6.45) is 0.467. The number of aromatic nitrogens is 2. The summed E-state index contributed by atoms with van der Waals surface area (Å²) in [5.41, 5.74) is 3.31. The molecular weight excluding hydrogens is 246 g/mol. The number of aryl methyl sites for hydroxylation is 3. The van der Waals surface area contributed by atoms with Gasteiger partial charge in [-0.25, -0.2) is 4.98 Å². The zero-order valence-electron chi connectivity index (χ0n) is 10.9. The van der Waals surface area contributed by atoms with Gasteiger partial charge >= 0.3 is 0 Å². The topological polar surface area (TPSA) is 46.9 Å². The third kappa shape index (κ3) is 2.98. The first-order valence-corrected chi connectivity index (χ1v) is 6.79. The normalized spacial score (nSPS) is 10.6. The smallest absolute Gasteiger partial charge is 0.227 e. The van der Waals surface area contributed by atoms with Crippen molar-refractivity contribution < 1.29 is 4.79 Å². The lowest BCUT2D eigenvalue weighted by molar-refractivity contribution is -0.116. The second-order valence-electron chi connectivity index (χ2n) is 4.36. The van der Waals surface area contributed by atoms with E-state index in [4.69, 9.17) is 0 Å². The molecule has 18 heavy (non-hydrogen) atoms. The van der Waals surface area contributed by atoms with E-state index < -0.39 is 0 Å². The molecule has 0 spiro atoms. The van der Waals surface area contributed by atoms with E-state index in [1.807, 2.05) is 12.3 Å². The van der Waals surface area contributed by atoms with Gasteiger partial charge in [0.15, 0.2) is 5.13 Å². The highest BCUT2D eigenvalue weighted by molar-refractivity contribution is 7.13. The van der Waals surface area contributed by atoms with Crippen LogP contribution in [0.2, 0.25) is 0 Å². The van der Waals surface area contributed by atoms with Gasteiger partial charge in [-0.1, -0.05) is 0 Å². The molecule has 0 aliphatic rings. The fourth-order valence-corrected chi connectivity index (χ4v) is 2.56. The van der Waals surface area contributed by atoms with Crippen molar-refractivity contribution in [1.29, 1.82) is 0 Å². The van der Waals surface area contributed by atoms with Crippen LogP contribution in [0, 0.1) is 20.8 Å². The molecule has 0 radical (unpaired) electrons. The number of thiazole rings is 1. The van der Waals surface area contributed by atoms with Gasteiger partial charge in [-0.05, 0) is 32.9 Å². The van der Waals surface area contributed by atoms with Crippen LogP contribution in [-0.2, 0) is 11.3 Å². The molecule has 5 heteroatoms. The molecule has 0 aliphatic heterocycles. The Morgan fingerprint density at radius 1 is 1.33 bits per heavy atom. The maximum Gasteiger partial charge on any atom is 0.227 e. The maximum atomic E-state index is 11.8. The minimum absolute atomic E-state index is 0.0110. The van der Waals surface area contributed by atoms with Gasteiger partial charge in [0.1, 0.15) is 0 Å². The fourth-order valence-electron chi connectivity index (χ4n) is 1.86. The van der Waals surface area contributed by atoms with Gasteiger partial charge in [0.2, 0.25) is 5.91 Å². The maximum absolute atomic E-state index is 11.8. The molecule has 0 unspecified atom stereocenters. The molecule has 0 atom stereocenters. The van der Waals surface area contributed by atoms with E-state index in [1.54, 1.807) is 0 Å². The van der Waals surface area contributed by atoms with Crippen molar-refractivity contribution in [3.63, 3.8) is 0 Å². The molecule has 0 fully saturated rings. The highest BCUT2D eigenvalue weighted by atomic mass is 32.1. The van der Waals surface area contributed by atoms with Crippen molar-refractivity contribution in [2.75, 3.05) is 5.32 Å². The average Bonchev–Trinajstić information content (AvgIpc) is 2.84. The number of anilines is 1. The van der Waals surface area contributed by atoms with Crippen LogP contribution in [0.4, 0.5) is 5.13 Å². The van der Waals surface area contributed by atoms with Crippen molar-refractivity contribution >= 4 is 22.4 Å². The van der Waals surface area contributed by atoms with Gasteiger partial charge in [0.05, 0.1) is 5.69 Å². The fraction of sp³-hybridized carbons (Fsp3) is 0.385. The standard InChI is InChI=1S/C13H17N3OS/c1-9-8-18-13(14-9)15-12(17)6-7-16-10(2)4-5-11(16)3/h4-5,8H,6-7H2,1-3H3,(H,14,15,17). The Morgan fingerprint density at radius 2 is 2.00 bits per heavy atom. The first-order chi connectivity index (χ1) is 8.56. The van der Waals surface area contributed by atoms with Crippen LogP contribution in [0.25, 0.3) is 0 Å². The molecule has 0 bridgehead atoms. The second kappa shape index (κ2) is 5.35. The lowest BCUT2D eigenvalue weighted by Gasteiger charge is -2.08. The zero-order valence-corrected chi connectivity index (χ0v) is 11.7. The monoisotopic (exact) mass is 263 g/mol. The van der Waals surface area contributed by atoms with Gasteiger partial charge in [-0.2, -0.15) is 0 Å². The lowest BCUT2D eigenvalue weighted by atomic mass is 10.3. The molecule has 0 saturated heterocycles. The van der Waals surface area contributed by atoms with Crippen LogP contribution in [0.15, 0.2) is 17.5 Å². The molecule has 2 heterocycles. The van der Waals surface area contributed by atoms with E-state index in [2.05, 4.69) is 40.8 Å². The van der Waals surface area contributed by atoms with Crippen LogP contribution < -0.4 is 5.32 Å². The number of rotatable bonds is 4. The van der Waals surface area contributed by atoms with Gasteiger partial charge in [-0.3, -0.25) is 4.79 Å². The van der Waals surface area contributed by atoms with E-state index in [0.717, 1.165) is 5.69 Å². The van der Waals surface area contributed by atoms with E-state index in [-0.39, 0.29) is 5.91 Å². The van der Waals surface area contributed by atoms with Crippen LogP contribution >= 0.6 is 11.3 Å². The minimum Gasteiger partial charge on any atom is -0.349 e. The summed E-state index contributed by atoms with van der Waals surface area (Å²) in [4.78, 5) is 16.0. The van der Waals surface area contributed by atoms with Crippen molar-refractivity contribution in [1.82, 2.24) is 9.55 Å². The predicted octanol–water partition coefficient (Wildman–Crippen LogP) is 2.90. The van der Waals surface area contributed by atoms with Gasteiger partial charge in [-0.15, -0.1) is 11.3 Å². The minimum atomic E-state index is 0.0110. The summed E-state index contributed by atoms with van der Waals surface area (Å²) < 4.78 is 2.15. The third-order valence-electron chi connectivity index (χ3n) is 2.85. The van der Waals surface area contributed by atoms with E-state index in [9.17, 15) is 4.79 Å². The van der Waals surface area contributed by atoms with Crippen molar-refractivity contribution in [2.24, 2.45) is 0 Å². The molecule has 96 valence electrons. The molecular formula is C13H17N3OS. The molecule has 2 aromatic heterocycles. The first kappa shape index (κ1) is 12.8. The highest BCUT2D eigenvalue weighted by Gasteiger charge is 2.07. The Kier molecular flexibility index (Phi) is 3.81. The number of amides is 1. The van der Waals surface area contributed by atoms with E-state index in [0.29, 0.717) is 18.1 Å². The molecule has 0 aliphatic carbocycles. The predicted molar refractivity (Wildman–Crippen MR) is 74.0 cm³/mol. The number of nitrogens with zero attached hydrogens (tertiary/aromatic N) is 2. The van der Waals surface area contributed by atoms with Crippen LogP contribution in [0.1, 0.15) is 23.5 Å². The van der Waals surface area contributed by atoms with Crippen molar-refractivity contribution in [2.45, 2.75) is 33.7 Å². The molecule has 4 nitrogen and oxygen atoms in total. The number of carbonyl (C=O) groups is 1.